The first-order chi connectivity index (χ1) is 8.20. The van der Waals surface area contributed by atoms with E-state index in [1.54, 1.807) is 12.1 Å². The number of fused-ring (bicyclic) bond motifs is 1. The van der Waals surface area contributed by atoms with Crippen LogP contribution in [0.15, 0.2) is 24.4 Å². The first-order valence-corrected chi connectivity index (χ1v) is 5.31. The van der Waals surface area contributed by atoms with Crippen LogP contribution in [0.4, 0.5) is 4.79 Å². The molecule has 1 aromatic carbocycles. The molecule has 0 saturated heterocycles. The van der Waals surface area contributed by atoms with Crippen molar-refractivity contribution < 1.29 is 14.6 Å². The number of carbonyl (C=O) groups excluding carboxylic acids is 1. The average molecular weight is 234 g/mol. The smallest absolute Gasteiger partial charge is 0.406 e. The largest absolute Gasteiger partial charge is 0.508 e. The van der Waals surface area contributed by atoms with Crippen molar-refractivity contribution in [3.63, 3.8) is 0 Å². The molecule has 0 unspecified atom stereocenters. The van der Waals surface area contributed by atoms with Crippen molar-refractivity contribution in [2.75, 3.05) is 13.7 Å². The Labute approximate surface area is 98.4 Å². The van der Waals surface area contributed by atoms with Gasteiger partial charge in [-0.15, -0.1) is 0 Å². The SMILES string of the molecule is COC(=O)NCCc1c[nH]c2cc(O)ccc12. The van der Waals surface area contributed by atoms with Gasteiger partial charge in [0.1, 0.15) is 5.75 Å². The van der Waals surface area contributed by atoms with E-state index in [0.717, 1.165) is 16.5 Å². The number of aromatic amines is 1. The molecule has 0 atom stereocenters. The number of alkyl carbamates (subject to hydrolysis) is 1. The summed E-state index contributed by atoms with van der Waals surface area (Å²) in [5.41, 5.74) is 1.98. The summed E-state index contributed by atoms with van der Waals surface area (Å²) in [7, 11) is 1.34. The lowest BCUT2D eigenvalue weighted by Gasteiger charge is -2.02. The number of aromatic hydroxyl groups is 1. The fourth-order valence-corrected chi connectivity index (χ4v) is 1.75. The molecule has 2 rings (SSSR count). The van der Waals surface area contributed by atoms with Crippen molar-refractivity contribution in [2.45, 2.75) is 6.42 Å². The Morgan fingerprint density at radius 3 is 3.12 bits per heavy atom. The van der Waals surface area contributed by atoms with E-state index >= 15 is 0 Å². The standard InChI is InChI=1S/C12H14N2O3/c1-17-12(16)13-5-4-8-7-14-11-6-9(15)2-3-10(8)11/h2-3,6-7,14-15H,4-5H2,1H3,(H,13,16). The molecule has 0 aliphatic heterocycles. The van der Waals surface area contributed by atoms with E-state index in [-0.39, 0.29) is 5.75 Å². The van der Waals surface area contributed by atoms with Gasteiger partial charge in [-0.25, -0.2) is 4.79 Å². The topological polar surface area (TPSA) is 74.3 Å². The van der Waals surface area contributed by atoms with Crippen LogP contribution in [0.25, 0.3) is 10.9 Å². The van der Waals surface area contributed by atoms with Gasteiger partial charge in [0.25, 0.3) is 0 Å². The van der Waals surface area contributed by atoms with Crippen molar-refractivity contribution in [1.29, 1.82) is 0 Å². The molecular weight excluding hydrogens is 220 g/mol. The lowest BCUT2D eigenvalue weighted by Crippen LogP contribution is -2.25. The van der Waals surface area contributed by atoms with Crippen LogP contribution in [0.5, 0.6) is 5.75 Å². The van der Waals surface area contributed by atoms with Crippen molar-refractivity contribution in [2.24, 2.45) is 0 Å². The molecule has 0 radical (unpaired) electrons. The van der Waals surface area contributed by atoms with Crippen molar-refractivity contribution in [1.82, 2.24) is 10.3 Å². The molecule has 5 nitrogen and oxygen atoms in total. The molecule has 1 heterocycles. The maximum atomic E-state index is 10.9. The van der Waals surface area contributed by atoms with Crippen LogP contribution in [0.2, 0.25) is 0 Å². The zero-order valence-corrected chi connectivity index (χ0v) is 9.49. The number of benzene rings is 1. The summed E-state index contributed by atoms with van der Waals surface area (Å²) in [6.07, 6.45) is 2.16. The van der Waals surface area contributed by atoms with Crippen molar-refractivity contribution >= 4 is 17.0 Å². The van der Waals surface area contributed by atoms with Gasteiger partial charge in [-0.3, -0.25) is 0 Å². The number of carbonyl (C=O) groups is 1. The van der Waals surface area contributed by atoms with Crippen LogP contribution in [0.1, 0.15) is 5.56 Å². The zero-order valence-electron chi connectivity index (χ0n) is 9.49. The lowest BCUT2D eigenvalue weighted by atomic mass is 10.1. The molecule has 90 valence electrons. The fourth-order valence-electron chi connectivity index (χ4n) is 1.75. The minimum Gasteiger partial charge on any atom is -0.508 e. The van der Waals surface area contributed by atoms with E-state index in [1.165, 1.54) is 7.11 Å². The number of H-pyrrole nitrogens is 1. The molecule has 17 heavy (non-hydrogen) atoms. The summed E-state index contributed by atoms with van der Waals surface area (Å²) >= 11 is 0. The molecule has 0 aliphatic carbocycles. The van der Waals surface area contributed by atoms with Gasteiger partial charge in [0.15, 0.2) is 0 Å². The monoisotopic (exact) mass is 234 g/mol. The molecule has 5 heteroatoms. The number of hydrogen-bond acceptors (Lipinski definition) is 3. The maximum Gasteiger partial charge on any atom is 0.406 e. The van der Waals surface area contributed by atoms with Crippen LogP contribution in [-0.2, 0) is 11.2 Å². The molecule has 0 bridgehead atoms. The summed E-state index contributed by atoms with van der Waals surface area (Å²) in [6, 6.07) is 5.18. The van der Waals surface area contributed by atoms with E-state index in [2.05, 4.69) is 15.0 Å². The van der Waals surface area contributed by atoms with E-state index in [9.17, 15) is 9.90 Å². The number of phenols is 1. The molecule has 0 spiro atoms. The first kappa shape index (κ1) is 11.3. The highest BCUT2D eigenvalue weighted by atomic mass is 16.5. The summed E-state index contributed by atoms with van der Waals surface area (Å²) in [6.45, 7) is 0.514. The van der Waals surface area contributed by atoms with Crippen LogP contribution >= 0.6 is 0 Å². The third-order valence-corrected chi connectivity index (χ3v) is 2.60. The van der Waals surface area contributed by atoms with Crippen LogP contribution < -0.4 is 5.32 Å². The Morgan fingerprint density at radius 1 is 1.53 bits per heavy atom. The Hall–Kier alpha value is -2.17. The van der Waals surface area contributed by atoms with E-state index in [0.29, 0.717) is 13.0 Å². The molecule has 1 aromatic heterocycles. The summed E-state index contributed by atoms with van der Waals surface area (Å²) in [5.74, 6) is 0.235. The van der Waals surface area contributed by atoms with Gasteiger partial charge in [0.05, 0.1) is 7.11 Å². The van der Waals surface area contributed by atoms with Crippen molar-refractivity contribution in [3.8, 4) is 5.75 Å². The summed E-state index contributed by atoms with van der Waals surface area (Å²) in [4.78, 5) is 14.0. The molecule has 1 amide bonds. The summed E-state index contributed by atoms with van der Waals surface area (Å²) < 4.78 is 4.48. The van der Waals surface area contributed by atoms with Gasteiger partial charge in [0.2, 0.25) is 0 Å². The second kappa shape index (κ2) is 4.78. The first-order valence-electron chi connectivity index (χ1n) is 5.31. The Balaban J connectivity index is 2.06. The third-order valence-electron chi connectivity index (χ3n) is 2.60. The molecule has 0 fully saturated rings. The average Bonchev–Trinajstić information content (AvgIpc) is 2.71. The van der Waals surface area contributed by atoms with E-state index in [4.69, 9.17) is 0 Å². The highest BCUT2D eigenvalue weighted by molar-refractivity contribution is 5.84. The number of aromatic nitrogens is 1. The van der Waals surface area contributed by atoms with Crippen LogP contribution in [0, 0.1) is 0 Å². The third kappa shape index (κ3) is 2.50. The molecule has 0 saturated carbocycles. The number of phenolic OH excluding ortho intramolecular Hbond substituents is 1. The Bertz CT molecular complexity index is 534. The number of rotatable bonds is 3. The zero-order chi connectivity index (χ0) is 12.3. The van der Waals surface area contributed by atoms with Gasteiger partial charge < -0.3 is 20.1 Å². The molecule has 3 N–H and O–H groups in total. The van der Waals surface area contributed by atoms with E-state index in [1.807, 2.05) is 12.3 Å². The maximum absolute atomic E-state index is 10.9. The minimum absolute atomic E-state index is 0.235. The van der Waals surface area contributed by atoms with Gasteiger partial charge in [-0.05, 0) is 24.1 Å². The van der Waals surface area contributed by atoms with E-state index < -0.39 is 6.09 Å². The van der Waals surface area contributed by atoms with Crippen LogP contribution in [0.3, 0.4) is 0 Å². The predicted molar refractivity (Wildman–Crippen MR) is 64.1 cm³/mol. The number of nitrogens with one attached hydrogen (secondary N) is 2. The van der Waals surface area contributed by atoms with Gasteiger partial charge in [0, 0.05) is 29.7 Å². The normalized spacial score (nSPS) is 10.4. The number of methoxy groups -OCH3 is 1. The van der Waals surface area contributed by atoms with Crippen LogP contribution in [-0.4, -0.2) is 29.8 Å². The predicted octanol–water partition coefficient (Wildman–Crippen LogP) is 1.77. The molecular formula is C12H14N2O3. The Morgan fingerprint density at radius 2 is 2.35 bits per heavy atom. The van der Waals surface area contributed by atoms with Gasteiger partial charge in [-0.2, -0.15) is 0 Å². The Kier molecular flexibility index (Phi) is 3.18. The second-order valence-corrected chi connectivity index (χ2v) is 3.71. The minimum atomic E-state index is -0.428. The van der Waals surface area contributed by atoms with Gasteiger partial charge >= 0.3 is 6.09 Å². The molecule has 2 aromatic rings. The van der Waals surface area contributed by atoms with Crippen molar-refractivity contribution in [3.05, 3.63) is 30.0 Å². The quantitative estimate of drug-likeness (QED) is 0.757. The number of amides is 1. The summed E-state index contributed by atoms with van der Waals surface area (Å²) in [5, 5.41) is 13.0. The number of hydrogen-bond donors (Lipinski definition) is 3. The highest BCUT2D eigenvalue weighted by Crippen LogP contribution is 2.22. The highest BCUT2D eigenvalue weighted by Gasteiger charge is 2.05. The van der Waals surface area contributed by atoms with Gasteiger partial charge in [-0.1, -0.05) is 0 Å². The number of ether oxygens (including phenoxy) is 1. The second-order valence-electron chi connectivity index (χ2n) is 3.71. The lowest BCUT2D eigenvalue weighted by molar-refractivity contribution is 0.171. The molecule has 0 aliphatic rings. The fraction of sp³-hybridized carbons (Fsp3) is 0.250.